The normalized spacial score (nSPS) is 19.9. The predicted octanol–water partition coefficient (Wildman–Crippen LogP) is 2.03. The summed E-state index contributed by atoms with van der Waals surface area (Å²) in [5.41, 5.74) is 1.69. The second-order valence-corrected chi connectivity index (χ2v) is 4.54. The average molecular weight is 248 g/mol. The molecule has 1 aromatic carbocycles. The number of carbonyl (C=O) groups is 1. The van der Waals surface area contributed by atoms with Crippen LogP contribution in [0.1, 0.15) is 29.6 Å². The Labute approximate surface area is 108 Å². The summed E-state index contributed by atoms with van der Waals surface area (Å²) in [4.78, 5) is 11.6. The van der Waals surface area contributed by atoms with Gasteiger partial charge < -0.3 is 15.4 Å². The van der Waals surface area contributed by atoms with Crippen molar-refractivity contribution >= 4 is 11.6 Å². The summed E-state index contributed by atoms with van der Waals surface area (Å²) in [6.07, 6.45) is 3.22. The van der Waals surface area contributed by atoms with Gasteiger partial charge in [-0.05, 0) is 37.5 Å². The van der Waals surface area contributed by atoms with Crippen molar-refractivity contribution in [2.45, 2.75) is 25.3 Å². The minimum absolute atomic E-state index is 0.0529. The molecule has 1 unspecified atom stereocenters. The molecule has 2 N–H and O–H groups in total. The van der Waals surface area contributed by atoms with Crippen molar-refractivity contribution in [2.75, 3.05) is 25.6 Å². The molecule has 1 fully saturated rings. The molecule has 1 amide bonds. The maximum absolute atomic E-state index is 11.6. The van der Waals surface area contributed by atoms with Crippen LogP contribution in [0.5, 0.6) is 0 Å². The third-order valence-corrected chi connectivity index (χ3v) is 3.17. The molecule has 0 radical (unpaired) electrons. The van der Waals surface area contributed by atoms with Gasteiger partial charge in [0.2, 0.25) is 0 Å². The van der Waals surface area contributed by atoms with Gasteiger partial charge in [-0.2, -0.15) is 0 Å². The molecule has 1 aromatic rings. The van der Waals surface area contributed by atoms with Crippen molar-refractivity contribution < 1.29 is 9.53 Å². The van der Waals surface area contributed by atoms with E-state index in [0.717, 1.165) is 38.2 Å². The van der Waals surface area contributed by atoms with Crippen molar-refractivity contribution in [3.63, 3.8) is 0 Å². The Balaban J connectivity index is 2.01. The number of nitrogens with one attached hydrogen (secondary N) is 2. The molecule has 0 spiro atoms. The number of hydrogen-bond donors (Lipinski definition) is 2. The third kappa shape index (κ3) is 3.47. The van der Waals surface area contributed by atoms with Gasteiger partial charge in [-0.25, -0.2) is 0 Å². The molecule has 1 aliphatic rings. The van der Waals surface area contributed by atoms with Gasteiger partial charge in [0, 0.05) is 37.6 Å². The highest BCUT2D eigenvalue weighted by atomic mass is 16.5. The van der Waals surface area contributed by atoms with Crippen molar-refractivity contribution in [1.29, 1.82) is 0 Å². The Kier molecular flexibility index (Phi) is 4.59. The first-order chi connectivity index (χ1) is 8.79. The molecule has 98 valence electrons. The standard InChI is InChI=1S/C14H20N2O2/c1-15-14(17)11-4-2-5-13(10-11)16-12-6-3-8-18-9-7-12/h2,4-5,10,12,16H,3,6-9H2,1H3,(H,15,17). The number of ether oxygens (including phenoxy) is 1. The molecule has 2 rings (SSSR count). The molecule has 0 bridgehead atoms. The molecule has 1 aliphatic heterocycles. The Morgan fingerprint density at radius 1 is 1.33 bits per heavy atom. The first kappa shape index (κ1) is 12.9. The lowest BCUT2D eigenvalue weighted by atomic mass is 10.1. The van der Waals surface area contributed by atoms with Crippen molar-refractivity contribution in [1.82, 2.24) is 5.32 Å². The van der Waals surface area contributed by atoms with Crippen molar-refractivity contribution in [3.8, 4) is 0 Å². The molecule has 0 aromatic heterocycles. The highest BCUT2D eigenvalue weighted by molar-refractivity contribution is 5.94. The fourth-order valence-corrected chi connectivity index (χ4v) is 2.18. The Hall–Kier alpha value is -1.55. The topological polar surface area (TPSA) is 50.4 Å². The molecular weight excluding hydrogens is 228 g/mol. The van der Waals surface area contributed by atoms with Crippen LogP contribution in [0.3, 0.4) is 0 Å². The lowest BCUT2D eigenvalue weighted by Gasteiger charge is -2.17. The van der Waals surface area contributed by atoms with Crippen LogP contribution >= 0.6 is 0 Å². The number of rotatable bonds is 3. The average Bonchev–Trinajstić information content (AvgIpc) is 2.67. The molecule has 1 atom stereocenters. The second kappa shape index (κ2) is 6.40. The first-order valence-electron chi connectivity index (χ1n) is 6.46. The summed E-state index contributed by atoms with van der Waals surface area (Å²) in [5, 5.41) is 6.12. The second-order valence-electron chi connectivity index (χ2n) is 4.54. The summed E-state index contributed by atoms with van der Waals surface area (Å²) in [6.45, 7) is 1.67. The van der Waals surface area contributed by atoms with E-state index in [-0.39, 0.29) is 5.91 Å². The summed E-state index contributed by atoms with van der Waals surface area (Å²) in [7, 11) is 1.64. The largest absolute Gasteiger partial charge is 0.382 e. The maximum atomic E-state index is 11.6. The van der Waals surface area contributed by atoms with E-state index in [2.05, 4.69) is 10.6 Å². The molecule has 4 nitrogen and oxygen atoms in total. The van der Waals surface area contributed by atoms with Crippen molar-refractivity contribution in [3.05, 3.63) is 29.8 Å². The van der Waals surface area contributed by atoms with E-state index in [1.807, 2.05) is 24.3 Å². The third-order valence-electron chi connectivity index (χ3n) is 3.17. The lowest BCUT2D eigenvalue weighted by Crippen LogP contribution is -2.21. The molecule has 1 saturated heterocycles. The first-order valence-corrected chi connectivity index (χ1v) is 6.46. The van der Waals surface area contributed by atoms with E-state index in [9.17, 15) is 4.79 Å². The van der Waals surface area contributed by atoms with E-state index in [0.29, 0.717) is 11.6 Å². The molecule has 0 aliphatic carbocycles. The summed E-state index contributed by atoms with van der Waals surface area (Å²) < 4.78 is 5.44. The van der Waals surface area contributed by atoms with Gasteiger partial charge in [0.25, 0.3) is 5.91 Å². The Bertz CT molecular complexity index is 399. The van der Waals surface area contributed by atoms with Gasteiger partial charge in [0.15, 0.2) is 0 Å². The maximum Gasteiger partial charge on any atom is 0.251 e. The molecular formula is C14H20N2O2. The van der Waals surface area contributed by atoms with Crippen LogP contribution in [0.4, 0.5) is 5.69 Å². The highest BCUT2D eigenvalue weighted by Gasteiger charge is 2.12. The van der Waals surface area contributed by atoms with Gasteiger partial charge in [0.05, 0.1) is 0 Å². The smallest absolute Gasteiger partial charge is 0.251 e. The minimum Gasteiger partial charge on any atom is -0.382 e. The molecule has 18 heavy (non-hydrogen) atoms. The summed E-state index contributed by atoms with van der Waals surface area (Å²) in [6, 6.07) is 8.05. The summed E-state index contributed by atoms with van der Waals surface area (Å²) in [5.74, 6) is -0.0529. The Morgan fingerprint density at radius 2 is 2.22 bits per heavy atom. The highest BCUT2D eigenvalue weighted by Crippen LogP contribution is 2.17. The predicted molar refractivity (Wildman–Crippen MR) is 71.9 cm³/mol. The van der Waals surface area contributed by atoms with E-state index >= 15 is 0 Å². The zero-order chi connectivity index (χ0) is 12.8. The van der Waals surface area contributed by atoms with Gasteiger partial charge in [-0.1, -0.05) is 6.07 Å². The minimum atomic E-state index is -0.0529. The quantitative estimate of drug-likeness (QED) is 0.860. The van der Waals surface area contributed by atoms with Crippen molar-refractivity contribution in [2.24, 2.45) is 0 Å². The van der Waals surface area contributed by atoms with E-state index < -0.39 is 0 Å². The SMILES string of the molecule is CNC(=O)c1cccc(NC2CCCOCC2)c1. The molecule has 0 saturated carbocycles. The van der Waals surface area contributed by atoms with Crippen LogP contribution in [-0.4, -0.2) is 32.2 Å². The van der Waals surface area contributed by atoms with Crippen LogP contribution < -0.4 is 10.6 Å². The van der Waals surface area contributed by atoms with Gasteiger partial charge in [-0.15, -0.1) is 0 Å². The van der Waals surface area contributed by atoms with Gasteiger partial charge in [0.1, 0.15) is 0 Å². The number of carbonyl (C=O) groups excluding carboxylic acids is 1. The van der Waals surface area contributed by atoms with E-state index in [1.165, 1.54) is 0 Å². The zero-order valence-electron chi connectivity index (χ0n) is 10.7. The number of hydrogen-bond acceptors (Lipinski definition) is 3. The van der Waals surface area contributed by atoms with Gasteiger partial charge >= 0.3 is 0 Å². The fourth-order valence-electron chi connectivity index (χ4n) is 2.18. The Morgan fingerprint density at radius 3 is 3.06 bits per heavy atom. The lowest BCUT2D eigenvalue weighted by molar-refractivity contribution is 0.0963. The van der Waals surface area contributed by atoms with E-state index in [4.69, 9.17) is 4.74 Å². The molecule has 4 heteroatoms. The zero-order valence-corrected chi connectivity index (χ0v) is 10.7. The fraction of sp³-hybridized carbons (Fsp3) is 0.500. The van der Waals surface area contributed by atoms with Crippen LogP contribution in [0.25, 0.3) is 0 Å². The van der Waals surface area contributed by atoms with Crippen LogP contribution in [-0.2, 0) is 4.74 Å². The van der Waals surface area contributed by atoms with Gasteiger partial charge in [-0.3, -0.25) is 4.79 Å². The van der Waals surface area contributed by atoms with Crippen LogP contribution in [0.15, 0.2) is 24.3 Å². The van der Waals surface area contributed by atoms with Crippen LogP contribution in [0, 0.1) is 0 Å². The molecule has 1 heterocycles. The number of benzene rings is 1. The number of anilines is 1. The van der Waals surface area contributed by atoms with Crippen LogP contribution in [0.2, 0.25) is 0 Å². The number of amides is 1. The monoisotopic (exact) mass is 248 g/mol. The summed E-state index contributed by atoms with van der Waals surface area (Å²) >= 11 is 0. The van der Waals surface area contributed by atoms with E-state index in [1.54, 1.807) is 7.05 Å².